The Morgan fingerprint density at radius 3 is 2.57 bits per heavy atom. The zero-order chi connectivity index (χ0) is 20.4. The van der Waals surface area contributed by atoms with Crippen LogP contribution in [0.1, 0.15) is 18.1 Å². The molecular formula is C19H12Cl3NO5. The number of benzene rings is 2. The van der Waals surface area contributed by atoms with Gasteiger partial charge >= 0.3 is 11.9 Å². The van der Waals surface area contributed by atoms with E-state index in [-0.39, 0.29) is 28.1 Å². The number of cyclic esters (lactones) is 1. The third kappa shape index (κ3) is 4.30. The number of esters is 2. The summed E-state index contributed by atoms with van der Waals surface area (Å²) in [5, 5.41) is 0.899. The van der Waals surface area contributed by atoms with Crippen LogP contribution in [0.4, 0.5) is 0 Å². The van der Waals surface area contributed by atoms with E-state index in [4.69, 9.17) is 49.0 Å². The summed E-state index contributed by atoms with van der Waals surface area (Å²) in [6.07, 6.45) is 1.46. The number of methoxy groups -OCH3 is 1. The van der Waals surface area contributed by atoms with E-state index in [0.717, 1.165) is 0 Å². The average molecular weight is 441 g/mol. The first kappa shape index (κ1) is 20.2. The van der Waals surface area contributed by atoms with Crippen molar-refractivity contribution in [1.82, 2.24) is 0 Å². The fourth-order valence-electron chi connectivity index (χ4n) is 2.41. The van der Waals surface area contributed by atoms with E-state index in [1.807, 2.05) is 0 Å². The predicted molar refractivity (Wildman–Crippen MR) is 106 cm³/mol. The van der Waals surface area contributed by atoms with Crippen molar-refractivity contribution in [2.75, 3.05) is 7.11 Å². The summed E-state index contributed by atoms with van der Waals surface area (Å²) in [4.78, 5) is 27.6. The lowest BCUT2D eigenvalue weighted by molar-refractivity contribution is -0.132. The lowest BCUT2D eigenvalue weighted by atomic mass is 10.1. The van der Waals surface area contributed by atoms with Gasteiger partial charge in [-0.15, -0.1) is 0 Å². The maximum atomic E-state index is 12.2. The van der Waals surface area contributed by atoms with Crippen molar-refractivity contribution in [3.8, 4) is 11.5 Å². The molecule has 0 spiro atoms. The minimum absolute atomic E-state index is 0.0319. The maximum absolute atomic E-state index is 12.2. The first-order valence-electron chi connectivity index (χ1n) is 7.82. The summed E-state index contributed by atoms with van der Waals surface area (Å²) < 4.78 is 15.5. The molecule has 0 saturated carbocycles. The van der Waals surface area contributed by atoms with Crippen LogP contribution in [0.2, 0.25) is 15.1 Å². The second-order valence-electron chi connectivity index (χ2n) is 5.59. The van der Waals surface area contributed by atoms with Crippen molar-refractivity contribution in [2.45, 2.75) is 6.92 Å². The van der Waals surface area contributed by atoms with Gasteiger partial charge in [-0.1, -0.05) is 34.8 Å². The number of carbonyl (C=O) groups excluding carboxylic acids is 2. The van der Waals surface area contributed by atoms with Crippen LogP contribution in [-0.2, 0) is 14.3 Å². The number of nitrogens with zero attached hydrogens (tertiary/aromatic N) is 1. The Labute approximate surface area is 175 Å². The van der Waals surface area contributed by atoms with E-state index in [1.165, 1.54) is 26.2 Å². The van der Waals surface area contributed by atoms with Crippen molar-refractivity contribution >= 4 is 58.7 Å². The molecule has 0 radical (unpaired) electrons. The highest BCUT2D eigenvalue weighted by molar-refractivity contribution is 6.36. The smallest absolute Gasteiger partial charge is 0.363 e. The molecule has 0 fully saturated rings. The van der Waals surface area contributed by atoms with Crippen molar-refractivity contribution in [1.29, 1.82) is 0 Å². The number of hydrogen-bond donors (Lipinski definition) is 0. The molecule has 144 valence electrons. The zero-order valence-electron chi connectivity index (χ0n) is 14.6. The van der Waals surface area contributed by atoms with Crippen LogP contribution in [0.3, 0.4) is 0 Å². The Hall–Kier alpha value is -2.54. The highest BCUT2D eigenvalue weighted by Gasteiger charge is 2.26. The Kier molecular flexibility index (Phi) is 5.93. The van der Waals surface area contributed by atoms with E-state index in [1.54, 1.807) is 24.3 Å². The molecule has 0 aromatic heterocycles. The highest BCUT2D eigenvalue weighted by atomic mass is 35.5. The van der Waals surface area contributed by atoms with E-state index < -0.39 is 11.9 Å². The Bertz CT molecular complexity index is 1050. The van der Waals surface area contributed by atoms with Crippen LogP contribution in [0.5, 0.6) is 11.5 Å². The molecule has 0 saturated heterocycles. The minimum atomic E-state index is -0.662. The SMILES string of the molecule is COc1cc(/C=C2\N=C(c3cc(Cl)ccc3Cl)OC2=O)cc(Cl)c1OC(C)=O. The summed E-state index contributed by atoms with van der Waals surface area (Å²) in [5.74, 6) is -0.854. The summed E-state index contributed by atoms with van der Waals surface area (Å²) in [6, 6.07) is 7.79. The van der Waals surface area contributed by atoms with Crippen molar-refractivity contribution in [2.24, 2.45) is 4.99 Å². The van der Waals surface area contributed by atoms with E-state index in [2.05, 4.69) is 4.99 Å². The average Bonchev–Trinajstić information content (AvgIpc) is 2.99. The number of ether oxygens (including phenoxy) is 3. The maximum Gasteiger partial charge on any atom is 0.363 e. The van der Waals surface area contributed by atoms with Crippen molar-refractivity contribution < 1.29 is 23.8 Å². The van der Waals surface area contributed by atoms with Crippen LogP contribution < -0.4 is 9.47 Å². The standard InChI is InChI=1S/C19H12Cl3NO5/c1-9(24)27-17-14(22)5-10(7-16(17)26-2)6-15-19(25)28-18(23-15)12-8-11(20)3-4-13(12)21/h3-8H,1-2H3/b15-6-. The van der Waals surface area contributed by atoms with E-state index >= 15 is 0 Å². The molecule has 3 rings (SSSR count). The quantitative estimate of drug-likeness (QED) is 0.383. The molecular weight excluding hydrogens is 429 g/mol. The van der Waals surface area contributed by atoms with Crippen LogP contribution in [0, 0.1) is 0 Å². The predicted octanol–water partition coefficient (Wildman–Crippen LogP) is 4.93. The molecule has 28 heavy (non-hydrogen) atoms. The summed E-state index contributed by atoms with van der Waals surface area (Å²) in [5.41, 5.74) is 0.919. The lowest BCUT2D eigenvalue weighted by Gasteiger charge is -2.10. The van der Waals surface area contributed by atoms with Gasteiger partial charge in [-0.3, -0.25) is 4.79 Å². The lowest BCUT2D eigenvalue weighted by Crippen LogP contribution is -2.06. The number of aliphatic imine (C=N–C) groups is 1. The first-order valence-corrected chi connectivity index (χ1v) is 8.96. The fraction of sp³-hybridized carbons (Fsp3) is 0.105. The second kappa shape index (κ2) is 8.22. The molecule has 2 aromatic carbocycles. The Morgan fingerprint density at radius 1 is 1.14 bits per heavy atom. The van der Waals surface area contributed by atoms with Crippen LogP contribution in [0.25, 0.3) is 6.08 Å². The van der Waals surface area contributed by atoms with Gasteiger partial charge < -0.3 is 14.2 Å². The third-order valence-corrected chi connectivity index (χ3v) is 4.43. The van der Waals surface area contributed by atoms with Crippen LogP contribution in [0.15, 0.2) is 41.0 Å². The van der Waals surface area contributed by atoms with Gasteiger partial charge in [-0.2, -0.15) is 0 Å². The van der Waals surface area contributed by atoms with Gasteiger partial charge in [-0.25, -0.2) is 9.79 Å². The normalized spacial score (nSPS) is 14.7. The van der Waals surface area contributed by atoms with Gasteiger partial charge in [0.25, 0.3) is 0 Å². The van der Waals surface area contributed by atoms with Gasteiger partial charge in [0.1, 0.15) is 0 Å². The molecule has 6 nitrogen and oxygen atoms in total. The summed E-state index contributed by atoms with van der Waals surface area (Å²) in [6.45, 7) is 1.25. The zero-order valence-corrected chi connectivity index (χ0v) is 16.9. The molecule has 1 aliphatic rings. The molecule has 0 amide bonds. The van der Waals surface area contributed by atoms with E-state index in [9.17, 15) is 9.59 Å². The molecule has 0 aliphatic carbocycles. The van der Waals surface area contributed by atoms with Gasteiger partial charge in [0.2, 0.25) is 5.90 Å². The fourth-order valence-corrected chi connectivity index (χ4v) is 3.04. The van der Waals surface area contributed by atoms with Gasteiger partial charge in [0, 0.05) is 11.9 Å². The summed E-state index contributed by atoms with van der Waals surface area (Å²) >= 11 is 18.3. The second-order valence-corrected chi connectivity index (χ2v) is 6.84. The van der Waals surface area contributed by atoms with Crippen LogP contribution in [-0.4, -0.2) is 24.9 Å². The molecule has 0 atom stereocenters. The molecule has 2 aromatic rings. The van der Waals surface area contributed by atoms with Crippen LogP contribution >= 0.6 is 34.8 Å². The molecule has 0 N–H and O–H groups in total. The van der Waals surface area contributed by atoms with Gasteiger partial charge in [0.15, 0.2) is 17.2 Å². The molecule has 0 bridgehead atoms. The highest BCUT2D eigenvalue weighted by Crippen LogP contribution is 2.37. The van der Waals surface area contributed by atoms with E-state index in [0.29, 0.717) is 21.2 Å². The summed E-state index contributed by atoms with van der Waals surface area (Å²) in [7, 11) is 1.40. The van der Waals surface area contributed by atoms with Gasteiger partial charge in [-0.05, 0) is 42.0 Å². The van der Waals surface area contributed by atoms with Crippen molar-refractivity contribution in [3.63, 3.8) is 0 Å². The molecule has 0 unspecified atom stereocenters. The molecule has 1 heterocycles. The van der Waals surface area contributed by atoms with Crippen molar-refractivity contribution in [3.05, 3.63) is 62.2 Å². The number of rotatable bonds is 4. The monoisotopic (exact) mass is 439 g/mol. The number of halogens is 3. The molecule has 1 aliphatic heterocycles. The minimum Gasteiger partial charge on any atom is -0.493 e. The Morgan fingerprint density at radius 2 is 1.89 bits per heavy atom. The largest absolute Gasteiger partial charge is 0.493 e. The Balaban J connectivity index is 2.00. The first-order chi connectivity index (χ1) is 13.3. The number of carbonyl (C=O) groups is 2. The third-order valence-electron chi connectivity index (χ3n) is 3.58. The topological polar surface area (TPSA) is 74.2 Å². The molecule has 9 heteroatoms. The number of hydrogen-bond acceptors (Lipinski definition) is 6. The van der Waals surface area contributed by atoms with Gasteiger partial charge in [0.05, 0.1) is 22.7 Å².